The van der Waals surface area contributed by atoms with Crippen molar-refractivity contribution in [1.82, 2.24) is 20.7 Å². The van der Waals surface area contributed by atoms with Crippen molar-refractivity contribution in [3.05, 3.63) is 77.4 Å². The highest BCUT2D eigenvalue weighted by Gasteiger charge is 2.24. The summed E-state index contributed by atoms with van der Waals surface area (Å²) in [7, 11) is 1.88. The van der Waals surface area contributed by atoms with Gasteiger partial charge in [-0.15, -0.1) is 0 Å². The number of benzene rings is 3. The summed E-state index contributed by atoms with van der Waals surface area (Å²) >= 11 is 1.64. The maximum absolute atomic E-state index is 12.9. The predicted octanol–water partition coefficient (Wildman–Crippen LogP) is 3.42. The molecule has 192 valence electrons. The number of amides is 2. The molecule has 0 aliphatic carbocycles. The molecule has 0 saturated heterocycles. The summed E-state index contributed by atoms with van der Waals surface area (Å²) in [5.74, 6) is 0.398. The number of rotatable bonds is 6. The van der Waals surface area contributed by atoms with Gasteiger partial charge in [0.25, 0.3) is 0 Å². The number of hydrogen-bond donors (Lipinski definition) is 4. The Morgan fingerprint density at radius 3 is 2.86 bits per heavy atom. The number of carbonyl (C=O) groups excluding carboxylic acids is 2. The van der Waals surface area contributed by atoms with Crippen molar-refractivity contribution >= 4 is 40.1 Å². The van der Waals surface area contributed by atoms with Crippen molar-refractivity contribution in [3.8, 4) is 5.75 Å². The Kier molecular flexibility index (Phi) is 8.08. The van der Waals surface area contributed by atoms with Gasteiger partial charge in [0.15, 0.2) is 0 Å². The number of nitrogens with one attached hydrogen (secondary N) is 4. The van der Waals surface area contributed by atoms with Gasteiger partial charge in [0, 0.05) is 29.8 Å². The molecule has 2 aliphatic rings. The molecule has 2 bridgehead atoms. The highest BCUT2D eigenvalue weighted by atomic mass is 32.2. The summed E-state index contributed by atoms with van der Waals surface area (Å²) in [5, 5.41) is 11.0. The smallest absolute Gasteiger partial charge is 0.242 e. The molecule has 0 radical (unpaired) electrons. The first-order valence-corrected chi connectivity index (χ1v) is 13.6. The molecule has 37 heavy (non-hydrogen) atoms. The number of hydrogen-bond acceptors (Lipinski definition) is 6. The zero-order chi connectivity index (χ0) is 25.6. The first kappa shape index (κ1) is 25.3. The van der Waals surface area contributed by atoms with E-state index < -0.39 is 6.04 Å². The van der Waals surface area contributed by atoms with Crippen molar-refractivity contribution in [3.63, 3.8) is 0 Å². The monoisotopic (exact) mass is 516 g/mol. The van der Waals surface area contributed by atoms with Crippen LogP contribution >= 0.6 is 11.9 Å². The predicted molar refractivity (Wildman–Crippen MR) is 149 cm³/mol. The van der Waals surface area contributed by atoms with Crippen LogP contribution < -0.4 is 25.4 Å². The first-order valence-electron chi connectivity index (χ1n) is 12.7. The van der Waals surface area contributed by atoms with E-state index in [0.717, 1.165) is 52.7 Å². The lowest BCUT2D eigenvalue weighted by Gasteiger charge is -2.22. The summed E-state index contributed by atoms with van der Waals surface area (Å²) in [6, 6.07) is 18.2. The molecule has 0 saturated carbocycles. The summed E-state index contributed by atoms with van der Waals surface area (Å²) in [6.45, 7) is 2.36. The molecule has 1 atom stereocenters. The minimum atomic E-state index is -0.631. The highest BCUT2D eigenvalue weighted by molar-refractivity contribution is 7.97. The van der Waals surface area contributed by atoms with Crippen molar-refractivity contribution in [2.75, 3.05) is 33.3 Å². The van der Waals surface area contributed by atoms with Gasteiger partial charge in [0.1, 0.15) is 11.8 Å². The zero-order valence-corrected chi connectivity index (χ0v) is 21.8. The molecular formula is C29H32N4O3S. The molecule has 2 heterocycles. The summed E-state index contributed by atoms with van der Waals surface area (Å²) < 4.78 is 9.63. The Morgan fingerprint density at radius 1 is 1.11 bits per heavy atom. The molecule has 4 N–H and O–H groups in total. The zero-order valence-electron chi connectivity index (χ0n) is 20.9. The second kappa shape index (κ2) is 11.8. The maximum atomic E-state index is 12.9. The average Bonchev–Trinajstić information content (AvgIpc) is 3.12. The lowest BCUT2D eigenvalue weighted by atomic mass is 9.90. The van der Waals surface area contributed by atoms with E-state index in [0.29, 0.717) is 13.0 Å². The Labute approximate surface area is 221 Å². The van der Waals surface area contributed by atoms with Crippen LogP contribution in [0.4, 0.5) is 0 Å². The van der Waals surface area contributed by atoms with Gasteiger partial charge in [-0.05, 0) is 71.7 Å². The lowest BCUT2D eigenvalue weighted by Crippen LogP contribution is -2.48. The normalized spacial score (nSPS) is 17.6. The van der Waals surface area contributed by atoms with Crippen LogP contribution in [0.1, 0.15) is 29.5 Å². The Bertz CT molecular complexity index is 1340. The molecular weight excluding hydrogens is 484 g/mol. The topological polar surface area (TPSA) is 91.5 Å². The van der Waals surface area contributed by atoms with Crippen LogP contribution in [0.5, 0.6) is 5.75 Å². The van der Waals surface area contributed by atoms with Crippen LogP contribution in [0.25, 0.3) is 16.3 Å². The molecule has 5 rings (SSSR count). The molecule has 3 aromatic rings. The van der Waals surface area contributed by atoms with Crippen LogP contribution in [-0.2, 0) is 16.0 Å². The van der Waals surface area contributed by atoms with E-state index in [2.05, 4.69) is 75.3 Å². The van der Waals surface area contributed by atoms with Gasteiger partial charge in [-0.3, -0.25) is 14.3 Å². The Hall–Kier alpha value is -3.33. The second-order valence-corrected chi connectivity index (χ2v) is 10.2. The van der Waals surface area contributed by atoms with E-state index in [1.807, 2.05) is 13.1 Å². The van der Waals surface area contributed by atoms with E-state index >= 15 is 0 Å². The minimum Gasteiger partial charge on any atom is -0.492 e. The maximum Gasteiger partial charge on any atom is 0.242 e. The summed E-state index contributed by atoms with van der Waals surface area (Å²) in [5.41, 5.74) is 4.37. The molecule has 0 unspecified atom stereocenters. The third-order valence-corrected chi connectivity index (χ3v) is 7.51. The van der Waals surface area contributed by atoms with Gasteiger partial charge in [-0.2, -0.15) is 0 Å². The fourth-order valence-electron chi connectivity index (χ4n) is 4.87. The van der Waals surface area contributed by atoms with Crippen molar-refractivity contribution < 1.29 is 14.3 Å². The van der Waals surface area contributed by atoms with Gasteiger partial charge in [-0.1, -0.05) is 48.5 Å². The molecule has 2 aliphatic heterocycles. The Morgan fingerprint density at radius 2 is 1.97 bits per heavy atom. The second-order valence-electron chi connectivity index (χ2n) is 9.23. The molecule has 7 nitrogen and oxygen atoms in total. The molecule has 2 amide bonds. The van der Waals surface area contributed by atoms with Gasteiger partial charge in [-0.25, -0.2) is 0 Å². The largest absolute Gasteiger partial charge is 0.492 e. The van der Waals surface area contributed by atoms with Crippen molar-refractivity contribution in [2.45, 2.75) is 30.2 Å². The van der Waals surface area contributed by atoms with Crippen LogP contribution in [0, 0.1) is 0 Å². The highest BCUT2D eigenvalue weighted by Crippen LogP contribution is 2.40. The van der Waals surface area contributed by atoms with Gasteiger partial charge >= 0.3 is 0 Å². The quantitative estimate of drug-likeness (QED) is 0.297. The van der Waals surface area contributed by atoms with Crippen molar-refractivity contribution in [2.24, 2.45) is 0 Å². The van der Waals surface area contributed by atoms with Crippen LogP contribution in [0.2, 0.25) is 0 Å². The van der Waals surface area contributed by atoms with Crippen molar-refractivity contribution in [1.29, 1.82) is 0 Å². The third-order valence-electron chi connectivity index (χ3n) is 6.62. The van der Waals surface area contributed by atoms with E-state index in [1.165, 1.54) is 10.5 Å². The fraction of sp³-hybridized carbons (Fsp3) is 0.310. The molecule has 8 heteroatoms. The molecule has 3 aromatic carbocycles. The third kappa shape index (κ3) is 5.82. The fourth-order valence-corrected chi connectivity index (χ4v) is 5.63. The van der Waals surface area contributed by atoms with Crippen LogP contribution in [0.3, 0.4) is 0 Å². The molecule has 0 aromatic heterocycles. The standard InChI is InChI=1S/C29H32N4O3S/c1-30-12-5-13-31-29(35)24-17-19-16-20-6-4-8-23(28(20)25(18-19)36-15-11-27(34)33-24)21-10-14-32-37-26-9-3-2-7-22(21)26/h2-4,6-10,16,18,24,30,32H,5,11-15,17H2,1H3,(H,31,35)(H,33,34)/t24-/m1/s1. The van der Waals surface area contributed by atoms with E-state index in [9.17, 15) is 9.59 Å². The number of fused-ring (bicyclic) bond motifs is 5. The Balaban J connectivity index is 1.53. The van der Waals surface area contributed by atoms with E-state index in [4.69, 9.17) is 4.74 Å². The minimum absolute atomic E-state index is 0.161. The van der Waals surface area contributed by atoms with E-state index in [1.54, 1.807) is 11.9 Å². The van der Waals surface area contributed by atoms with E-state index in [-0.39, 0.29) is 24.8 Å². The summed E-state index contributed by atoms with van der Waals surface area (Å²) in [6.07, 6.45) is 3.62. The summed E-state index contributed by atoms with van der Waals surface area (Å²) in [4.78, 5) is 26.7. The molecule has 0 spiro atoms. The SMILES string of the molecule is CNCCCNC(=O)[C@H]1Cc2cc(c3c(C4=CCNSc5ccccc54)cccc3c2)OCCC(=O)N1. The van der Waals surface area contributed by atoms with Gasteiger partial charge in [0.2, 0.25) is 11.8 Å². The van der Waals surface area contributed by atoms with Crippen LogP contribution in [-0.4, -0.2) is 51.1 Å². The van der Waals surface area contributed by atoms with Gasteiger partial charge in [0.05, 0.1) is 13.0 Å². The lowest BCUT2D eigenvalue weighted by molar-refractivity contribution is -0.129. The first-order chi connectivity index (χ1) is 18.1. The number of ether oxygens (including phenoxy) is 1. The molecule has 0 fully saturated rings. The number of carbonyl (C=O) groups is 2. The average molecular weight is 517 g/mol. The van der Waals surface area contributed by atoms with Crippen LogP contribution in [0.15, 0.2) is 65.6 Å². The van der Waals surface area contributed by atoms with Gasteiger partial charge < -0.3 is 20.7 Å².